The minimum atomic E-state index is -0.966. The Morgan fingerprint density at radius 3 is 2.52 bits per heavy atom. The number of rotatable bonds is 4. The molecule has 0 aliphatic carbocycles. The molecule has 0 fully saturated rings. The van der Waals surface area contributed by atoms with Crippen molar-refractivity contribution in [2.45, 2.75) is 0 Å². The normalized spacial score (nSPS) is 10.5. The van der Waals surface area contributed by atoms with Crippen LogP contribution in [0.15, 0.2) is 54.7 Å². The van der Waals surface area contributed by atoms with E-state index in [0.717, 1.165) is 16.9 Å². The van der Waals surface area contributed by atoms with Crippen LogP contribution in [-0.4, -0.2) is 40.2 Å². The summed E-state index contributed by atoms with van der Waals surface area (Å²) in [6, 6.07) is 14.6. The summed E-state index contributed by atoms with van der Waals surface area (Å²) >= 11 is 0. The van der Waals surface area contributed by atoms with Gasteiger partial charge in [-0.2, -0.15) is 0 Å². The number of hydrogen-bond donors (Lipinski definition) is 1. The van der Waals surface area contributed by atoms with Crippen LogP contribution in [-0.2, 0) is 0 Å². The van der Waals surface area contributed by atoms with Crippen molar-refractivity contribution < 1.29 is 9.90 Å². The lowest BCUT2D eigenvalue weighted by Crippen LogP contribution is -2.07. The number of carboxylic acids is 1. The van der Waals surface area contributed by atoms with Crippen molar-refractivity contribution in [1.82, 2.24) is 15.0 Å². The zero-order valence-electron chi connectivity index (χ0n) is 12.8. The van der Waals surface area contributed by atoms with Gasteiger partial charge in [-0.1, -0.05) is 23.4 Å². The number of carbonyl (C=O) groups is 1. The second-order valence-electron chi connectivity index (χ2n) is 5.35. The van der Waals surface area contributed by atoms with Gasteiger partial charge in [0.2, 0.25) is 0 Å². The largest absolute Gasteiger partial charge is 0.478 e. The molecule has 23 heavy (non-hydrogen) atoms. The van der Waals surface area contributed by atoms with Crippen molar-refractivity contribution in [2.75, 3.05) is 19.0 Å². The number of nitrogens with zero attached hydrogens (tertiary/aromatic N) is 4. The topological polar surface area (TPSA) is 71.2 Å². The van der Waals surface area contributed by atoms with Crippen LogP contribution >= 0.6 is 0 Å². The highest BCUT2D eigenvalue weighted by molar-refractivity contribution is 5.88. The molecule has 0 aliphatic rings. The zero-order valence-corrected chi connectivity index (χ0v) is 12.8. The fourth-order valence-corrected chi connectivity index (χ4v) is 2.23. The summed E-state index contributed by atoms with van der Waals surface area (Å²) < 4.78 is 1.57. The van der Waals surface area contributed by atoms with Gasteiger partial charge < -0.3 is 10.0 Å². The first-order valence-electron chi connectivity index (χ1n) is 7.08. The number of carboxylic acid groups (broad SMARTS) is 1. The van der Waals surface area contributed by atoms with Crippen LogP contribution in [0.3, 0.4) is 0 Å². The van der Waals surface area contributed by atoms with Crippen molar-refractivity contribution in [1.29, 1.82) is 0 Å². The summed E-state index contributed by atoms with van der Waals surface area (Å²) in [6.45, 7) is 0. The molecule has 6 heteroatoms. The smallest absolute Gasteiger partial charge is 0.335 e. The highest BCUT2D eigenvalue weighted by atomic mass is 16.4. The van der Waals surface area contributed by atoms with Gasteiger partial charge in [0.15, 0.2) is 0 Å². The average molecular weight is 308 g/mol. The molecule has 0 amide bonds. The Balaban J connectivity index is 1.91. The van der Waals surface area contributed by atoms with Gasteiger partial charge in [-0.05, 0) is 30.3 Å². The Bertz CT molecular complexity index is 838. The van der Waals surface area contributed by atoms with Crippen molar-refractivity contribution in [3.8, 4) is 16.9 Å². The van der Waals surface area contributed by atoms with Crippen LogP contribution in [0, 0.1) is 0 Å². The lowest BCUT2D eigenvalue weighted by Gasteiger charge is -2.11. The molecule has 0 saturated heterocycles. The maximum Gasteiger partial charge on any atom is 0.335 e. The van der Waals surface area contributed by atoms with E-state index >= 15 is 0 Å². The summed E-state index contributed by atoms with van der Waals surface area (Å²) in [7, 11) is 3.97. The van der Waals surface area contributed by atoms with Crippen LogP contribution in [0.5, 0.6) is 0 Å². The Labute approximate surface area is 133 Å². The predicted octanol–water partition coefficient (Wildman–Crippen LogP) is 2.70. The molecule has 1 aromatic heterocycles. The molecule has 3 rings (SSSR count). The first-order chi connectivity index (χ1) is 11.0. The van der Waals surface area contributed by atoms with Gasteiger partial charge in [-0.25, -0.2) is 9.48 Å². The molecule has 0 atom stereocenters. The van der Waals surface area contributed by atoms with Gasteiger partial charge in [0.25, 0.3) is 0 Å². The first kappa shape index (κ1) is 14.8. The van der Waals surface area contributed by atoms with E-state index in [0.29, 0.717) is 5.69 Å². The zero-order chi connectivity index (χ0) is 16.4. The monoisotopic (exact) mass is 308 g/mol. The van der Waals surface area contributed by atoms with E-state index in [2.05, 4.69) is 10.3 Å². The fourth-order valence-electron chi connectivity index (χ4n) is 2.23. The van der Waals surface area contributed by atoms with Crippen LogP contribution in [0.4, 0.5) is 5.69 Å². The van der Waals surface area contributed by atoms with E-state index in [1.165, 1.54) is 0 Å². The SMILES string of the molecule is CN(C)c1ccc(-c2cn(-c3cccc(C(=O)O)c3)nn2)cc1. The van der Waals surface area contributed by atoms with E-state index in [4.69, 9.17) is 5.11 Å². The number of aromatic carboxylic acids is 1. The first-order valence-corrected chi connectivity index (χ1v) is 7.08. The van der Waals surface area contributed by atoms with Crippen molar-refractivity contribution in [2.24, 2.45) is 0 Å². The molecular weight excluding hydrogens is 292 g/mol. The molecule has 0 spiro atoms. The summed E-state index contributed by atoms with van der Waals surface area (Å²) in [4.78, 5) is 13.1. The highest BCUT2D eigenvalue weighted by Gasteiger charge is 2.08. The number of hydrogen-bond acceptors (Lipinski definition) is 4. The lowest BCUT2D eigenvalue weighted by molar-refractivity contribution is 0.0697. The molecule has 0 aliphatic heterocycles. The maximum absolute atomic E-state index is 11.0. The van der Waals surface area contributed by atoms with Gasteiger partial charge in [0.1, 0.15) is 5.69 Å². The predicted molar refractivity (Wildman–Crippen MR) is 88.1 cm³/mol. The average Bonchev–Trinajstić information content (AvgIpc) is 3.05. The van der Waals surface area contributed by atoms with Crippen molar-refractivity contribution in [3.63, 3.8) is 0 Å². The standard InChI is InChI=1S/C17H16N4O2/c1-20(2)14-8-6-12(7-9-14)16-11-21(19-18-16)15-5-3-4-13(10-15)17(22)23/h3-11H,1-2H3,(H,22,23). The molecule has 6 nitrogen and oxygen atoms in total. The van der Waals surface area contributed by atoms with E-state index in [-0.39, 0.29) is 5.56 Å². The van der Waals surface area contributed by atoms with Gasteiger partial charge >= 0.3 is 5.97 Å². The molecule has 1 heterocycles. The molecule has 3 aromatic rings. The van der Waals surface area contributed by atoms with Crippen molar-refractivity contribution in [3.05, 3.63) is 60.3 Å². The van der Waals surface area contributed by atoms with Gasteiger partial charge in [-0.3, -0.25) is 0 Å². The molecular formula is C17H16N4O2. The molecule has 0 radical (unpaired) electrons. The molecule has 2 aromatic carbocycles. The van der Waals surface area contributed by atoms with E-state index in [9.17, 15) is 4.79 Å². The van der Waals surface area contributed by atoms with Crippen LogP contribution in [0.2, 0.25) is 0 Å². The van der Waals surface area contributed by atoms with E-state index in [1.807, 2.05) is 43.3 Å². The molecule has 0 saturated carbocycles. The van der Waals surface area contributed by atoms with Crippen LogP contribution in [0.1, 0.15) is 10.4 Å². The lowest BCUT2D eigenvalue weighted by atomic mass is 10.1. The van der Waals surface area contributed by atoms with Crippen molar-refractivity contribution >= 4 is 11.7 Å². The van der Waals surface area contributed by atoms with Gasteiger partial charge in [0, 0.05) is 25.3 Å². The second kappa shape index (κ2) is 5.92. The van der Waals surface area contributed by atoms with Crippen LogP contribution < -0.4 is 4.90 Å². The van der Waals surface area contributed by atoms with E-state index < -0.39 is 5.97 Å². The molecule has 0 bridgehead atoms. The minimum absolute atomic E-state index is 0.217. The van der Waals surface area contributed by atoms with Crippen LogP contribution in [0.25, 0.3) is 16.9 Å². The number of aromatic nitrogens is 3. The number of benzene rings is 2. The number of anilines is 1. The summed E-state index contributed by atoms with van der Waals surface area (Å²) in [5.41, 5.74) is 3.67. The molecule has 116 valence electrons. The third-order valence-corrected chi connectivity index (χ3v) is 3.53. The highest BCUT2D eigenvalue weighted by Crippen LogP contribution is 2.21. The molecule has 1 N–H and O–H groups in total. The quantitative estimate of drug-likeness (QED) is 0.802. The second-order valence-corrected chi connectivity index (χ2v) is 5.35. The third kappa shape index (κ3) is 3.06. The Hall–Kier alpha value is -3.15. The summed E-state index contributed by atoms with van der Waals surface area (Å²) in [6.07, 6.45) is 1.78. The fraction of sp³-hybridized carbons (Fsp3) is 0.118. The summed E-state index contributed by atoms with van der Waals surface area (Å²) in [5.74, 6) is -0.966. The third-order valence-electron chi connectivity index (χ3n) is 3.53. The van der Waals surface area contributed by atoms with Gasteiger partial charge in [0.05, 0.1) is 17.4 Å². The Kier molecular flexibility index (Phi) is 3.80. The maximum atomic E-state index is 11.0. The summed E-state index contributed by atoms with van der Waals surface area (Å²) in [5, 5.41) is 17.3. The Morgan fingerprint density at radius 2 is 1.87 bits per heavy atom. The Morgan fingerprint density at radius 1 is 1.13 bits per heavy atom. The van der Waals surface area contributed by atoms with Gasteiger partial charge in [-0.15, -0.1) is 5.10 Å². The molecule has 0 unspecified atom stereocenters. The van der Waals surface area contributed by atoms with E-state index in [1.54, 1.807) is 35.1 Å². The minimum Gasteiger partial charge on any atom is -0.478 e.